The number of halogens is 1. The molecule has 0 amide bonds. The zero-order valence-electron chi connectivity index (χ0n) is 5.07. The fraction of sp³-hybridized carbons (Fsp3) is 0. The number of fused-ring (bicyclic) bond motifs is 1. The molecule has 0 spiro atoms. The Balaban J connectivity index is 2.88. The summed E-state index contributed by atoms with van der Waals surface area (Å²) in [7, 11) is 0. The van der Waals surface area contributed by atoms with E-state index >= 15 is 0 Å². The van der Waals surface area contributed by atoms with Gasteiger partial charge in [0.1, 0.15) is 0 Å². The van der Waals surface area contributed by atoms with Crippen LogP contribution >= 0.6 is 11.3 Å². The van der Waals surface area contributed by atoms with Crippen LogP contribution in [0.15, 0.2) is 24.3 Å². The van der Waals surface area contributed by atoms with E-state index in [1.54, 1.807) is 11.3 Å². The Morgan fingerprint density at radius 1 is 1.30 bits per heavy atom. The predicted octanol–water partition coefficient (Wildman–Crippen LogP) is -1.25. The molecule has 0 radical (unpaired) electrons. The van der Waals surface area contributed by atoms with Crippen molar-refractivity contribution < 1.29 is 22.6 Å². The molecular weight excluding hydrogens is 257 g/mol. The van der Waals surface area contributed by atoms with Crippen molar-refractivity contribution in [1.29, 1.82) is 0 Å². The highest BCUT2D eigenvalue weighted by Gasteiger charge is 2.03. The Hall–Kier alpha value is -0.160. The maximum absolute atomic E-state index is 4.34. The first-order valence-electron chi connectivity index (χ1n) is 2.89. The van der Waals surface area contributed by atoms with Crippen molar-refractivity contribution in [2.24, 2.45) is 0 Å². The van der Waals surface area contributed by atoms with E-state index in [0.29, 0.717) is 0 Å². The fourth-order valence-electron chi connectivity index (χ4n) is 0.851. The van der Waals surface area contributed by atoms with Crippen LogP contribution in [-0.4, -0.2) is 4.98 Å². The maximum Gasteiger partial charge on any atom is 0.334 e. The van der Waals surface area contributed by atoms with E-state index in [0.717, 1.165) is 8.53 Å². The van der Waals surface area contributed by atoms with Gasteiger partial charge in [0.25, 0.3) is 0 Å². The summed E-state index contributed by atoms with van der Waals surface area (Å²) >= 11 is 3.71. The standard InChI is InChI=1S/C7H5INS/c8-7-9-5-3-1-2-4-6(5)10-7/h1-4,8H/q+1. The van der Waals surface area contributed by atoms with Crippen LogP contribution in [-0.2, 0) is 0 Å². The molecule has 0 bridgehead atoms. The fourth-order valence-corrected chi connectivity index (χ4v) is 2.60. The minimum absolute atomic E-state index is 1.12. The average Bonchev–Trinajstić information content (AvgIpc) is 2.27. The van der Waals surface area contributed by atoms with Gasteiger partial charge >= 0.3 is 25.6 Å². The molecule has 0 saturated heterocycles. The lowest BCUT2D eigenvalue weighted by molar-refractivity contribution is -0.327. The number of para-hydroxylation sites is 1. The summed E-state index contributed by atoms with van der Waals surface area (Å²) in [4.78, 5) is 4.34. The molecule has 1 aromatic heterocycles. The van der Waals surface area contributed by atoms with Crippen molar-refractivity contribution >= 4 is 21.6 Å². The molecule has 0 aliphatic carbocycles. The lowest BCUT2D eigenvalue weighted by atomic mass is 10.3. The molecule has 0 fully saturated rings. The number of nitrogens with zero attached hydrogens (tertiary/aromatic N) is 1. The molecule has 0 saturated carbocycles. The van der Waals surface area contributed by atoms with Gasteiger partial charge in [-0.2, -0.15) is 4.98 Å². The first-order chi connectivity index (χ1) is 4.86. The number of hydrogen-bond donors (Lipinski definition) is 0. The van der Waals surface area contributed by atoms with E-state index in [1.165, 1.54) is 4.70 Å². The van der Waals surface area contributed by atoms with E-state index < -0.39 is 0 Å². The highest BCUT2D eigenvalue weighted by Crippen LogP contribution is 2.15. The summed E-state index contributed by atoms with van der Waals surface area (Å²) in [6.07, 6.45) is 0. The zero-order chi connectivity index (χ0) is 6.97. The molecule has 1 heterocycles. The third-order valence-electron chi connectivity index (χ3n) is 1.27. The number of benzene rings is 1. The lowest BCUT2D eigenvalue weighted by Crippen LogP contribution is -3.34. The second-order valence-corrected chi connectivity index (χ2v) is 4.89. The summed E-state index contributed by atoms with van der Waals surface area (Å²) in [5, 5.41) is 0. The predicted molar refractivity (Wildman–Crippen MR) is 39.7 cm³/mol. The van der Waals surface area contributed by atoms with Crippen LogP contribution in [0.2, 0.25) is 0 Å². The third-order valence-corrected chi connectivity index (χ3v) is 3.08. The van der Waals surface area contributed by atoms with Crippen LogP contribution in [0.5, 0.6) is 0 Å². The summed E-state index contributed by atoms with van der Waals surface area (Å²) in [6, 6.07) is 8.20. The molecule has 1 nitrogen and oxygen atoms in total. The normalized spacial score (nSPS) is 10.5. The number of thiazole rings is 1. The lowest BCUT2D eigenvalue weighted by Gasteiger charge is -1.79. The van der Waals surface area contributed by atoms with Crippen molar-refractivity contribution in [1.82, 2.24) is 4.98 Å². The second-order valence-electron chi connectivity index (χ2n) is 1.95. The van der Waals surface area contributed by atoms with Crippen molar-refractivity contribution in [3.8, 4) is 0 Å². The smallest absolute Gasteiger partial charge is 0.194 e. The van der Waals surface area contributed by atoms with E-state index in [1.807, 2.05) is 40.8 Å². The van der Waals surface area contributed by atoms with Crippen LogP contribution in [0.1, 0.15) is 0 Å². The quantitative estimate of drug-likeness (QED) is 0.541. The van der Waals surface area contributed by atoms with Gasteiger partial charge in [-0.25, -0.2) is 0 Å². The number of hydrogen-bond acceptors (Lipinski definition) is 2. The average molecular weight is 262 g/mol. The highest BCUT2D eigenvalue weighted by molar-refractivity contribution is 7.16. The van der Waals surface area contributed by atoms with Crippen LogP contribution in [0, 0.1) is 3.01 Å². The summed E-state index contributed by atoms with van der Waals surface area (Å²) < 4.78 is 2.43. The van der Waals surface area contributed by atoms with Crippen molar-refractivity contribution in [2.45, 2.75) is 0 Å². The molecule has 2 aromatic rings. The summed E-state index contributed by atoms with van der Waals surface area (Å²) in [5.74, 6) is 0. The van der Waals surface area contributed by atoms with Gasteiger partial charge in [0.2, 0.25) is 0 Å². The molecule has 2 rings (SSSR count). The number of aromatic nitrogens is 1. The van der Waals surface area contributed by atoms with E-state index in [9.17, 15) is 0 Å². The van der Waals surface area contributed by atoms with Crippen molar-refractivity contribution in [3.63, 3.8) is 0 Å². The highest BCUT2D eigenvalue weighted by atomic mass is 127. The topological polar surface area (TPSA) is 12.9 Å². The zero-order valence-corrected chi connectivity index (χ0v) is 8.22. The molecule has 0 unspecified atom stereocenters. The van der Waals surface area contributed by atoms with Gasteiger partial charge in [-0.1, -0.05) is 23.5 Å². The maximum atomic E-state index is 4.34. The monoisotopic (exact) mass is 262 g/mol. The minimum Gasteiger partial charge on any atom is -0.194 e. The Morgan fingerprint density at radius 2 is 2.10 bits per heavy atom. The summed E-state index contributed by atoms with van der Waals surface area (Å²) in [5.41, 5.74) is 1.12. The SMILES string of the molecule is [IH+]c1nc2ccccc2s1. The Morgan fingerprint density at radius 3 is 2.90 bits per heavy atom. The molecule has 0 atom stereocenters. The van der Waals surface area contributed by atoms with Crippen LogP contribution in [0.4, 0.5) is 0 Å². The Labute approximate surface area is 76.2 Å². The van der Waals surface area contributed by atoms with Crippen molar-refractivity contribution in [3.05, 3.63) is 27.3 Å². The Bertz CT molecular complexity index is 322. The van der Waals surface area contributed by atoms with Gasteiger partial charge in [-0.05, 0) is 12.1 Å². The van der Waals surface area contributed by atoms with E-state index in [2.05, 4.69) is 11.1 Å². The van der Waals surface area contributed by atoms with Gasteiger partial charge in [0.15, 0.2) is 0 Å². The van der Waals surface area contributed by atoms with Gasteiger partial charge in [0, 0.05) is 0 Å². The minimum atomic E-state index is 1.12. The van der Waals surface area contributed by atoms with E-state index in [4.69, 9.17) is 0 Å². The molecule has 10 heavy (non-hydrogen) atoms. The summed E-state index contributed by atoms with van der Waals surface area (Å²) in [6.45, 7) is 0. The van der Waals surface area contributed by atoms with Gasteiger partial charge in [-0.15, -0.1) is 0 Å². The van der Waals surface area contributed by atoms with Crippen LogP contribution in [0.25, 0.3) is 10.2 Å². The van der Waals surface area contributed by atoms with Crippen LogP contribution in [0.3, 0.4) is 0 Å². The van der Waals surface area contributed by atoms with Gasteiger partial charge in [0.05, 0.1) is 10.2 Å². The molecular formula is C7H5INS+. The van der Waals surface area contributed by atoms with Gasteiger partial charge < -0.3 is 0 Å². The first kappa shape index (κ1) is 6.54. The molecule has 0 aliphatic heterocycles. The number of rotatable bonds is 0. The third kappa shape index (κ3) is 1.03. The van der Waals surface area contributed by atoms with Gasteiger partial charge in [-0.3, -0.25) is 0 Å². The first-order valence-corrected chi connectivity index (χ1v) is 4.87. The van der Waals surface area contributed by atoms with Crippen LogP contribution < -0.4 is 22.6 Å². The molecule has 1 aromatic carbocycles. The second kappa shape index (κ2) is 2.47. The van der Waals surface area contributed by atoms with E-state index in [-0.39, 0.29) is 0 Å². The molecule has 0 aliphatic rings. The van der Waals surface area contributed by atoms with Crippen molar-refractivity contribution in [2.75, 3.05) is 0 Å². The largest absolute Gasteiger partial charge is 0.334 e. The molecule has 0 N–H and O–H groups in total. The molecule has 3 heteroatoms. The molecule has 50 valence electrons. The Kier molecular flexibility index (Phi) is 1.61.